The average molecular weight is 254 g/mol. The lowest BCUT2D eigenvalue weighted by Gasteiger charge is -2.35. The molecule has 0 radical (unpaired) electrons. The molecule has 3 rings (SSSR count). The highest BCUT2D eigenvalue weighted by molar-refractivity contribution is 5.83. The third kappa shape index (κ3) is 2.80. The number of benzene rings is 2. The molecule has 1 heterocycles. The second-order valence-corrected chi connectivity index (χ2v) is 5.73. The van der Waals surface area contributed by atoms with Crippen molar-refractivity contribution in [1.82, 2.24) is 10.2 Å². The predicted molar refractivity (Wildman–Crippen MR) is 81.7 cm³/mol. The fourth-order valence-electron chi connectivity index (χ4n) is 2.64. The summed E-state index contributed by atoms with van der Waals surface area (Å²) in [6, 6.07) is 14.3. The Morgan fingerprint density at radius 2 is 1.84 bits per heavy atom. The van der Waals surface area contributed by atoms with Gasteiger partial charge in [-0.1, -0.05) is 42.0 Å². The molecule has 0 atom stereocenters. The Morgan fingerprint density at radius 1 is 1.11 bits per heavy atom. The van der Waals surface area contributed by atoms with Crippen molar-refractivity contribution < 1.29 is 0 Å². The monoisotopic (exact) mass is 254 g/mol. The molecule has 0 aliphatic carbocycles. The van der Waals surface area contributed by atoms with Gasteiger partial charge in [-0.05, 0) is 36.7 Å². The van der Waals surface area contributed by atoms with E-state index in [0.717, 1.165) is 32.1 Å². The number of likely N-dealkylation sites (N-methyl/N-ethyl adjacent to an activating group) is 1. The van der Waals surface area contributed by atoms with Crippen LogP contribution in [0.5, 0.6) is 0 Å². The number of hydrogen-bond donors (Lipinski definition) is 1. The fourth-order valence-corrected chi connectivity index (χ4v) is 2.64. The molecular weight excluding hydrogens is 232 g/mol. The van der Waals surface area contributed by atoms with Gasteiger partial charge in [0.15, 0.2) is 0 Å². The van der Waals surface area contributed by atoms with Crippen molar-refractivity contribution in [3.05, 3.63) is 47.5 Å². The van der Waals surface area contributed by atoms with Gasteiger partial charge in [0.05, 0.1) is 0 Å². The first-order valence-electron chi connectivity index (χ1n) is 7.12. The molecule has 0 amide bonds. The Bertz CT molecular complexity index is 572. The van der Waals surface area contributed by atoms with Crippen LogP contribution in [0.25, 0.3) is 10.8 Å². The lowest BCUT2D eigenvalue weighted by molar-refractivity contribution is 0.182. The van der Waals surface area contributed by atoms with Crippen molar-refractivity contribution in [2.24, 2.45) is 0 Å². The van der Waals surface area contributed by atoms with Gasteiger partial charge in [-0.3, -0.25) is 0 Å². The van der Waals surface area contributed by atoms with E-state index in [1.807, 2.05) is 0 Å². The van der Waals surface area contributed by atoms with E-state index >= 15 is 0 Å². The maximum atomic E-state index is 3.33. The predicted octanol–water partition coefficient (Wildman–Crippen LogP) is 2.59. The highest BCUT2D eigenvalue weighted by Gasteiger charge is 2.20. The number of fused-ring (bicyclic) bond motifs is 1. The summed E-state index contributed by atoms with van der Waals surface area (Å²) in [6.45, 7) is 5.58. The van der Waals surface area contributed by atoms with Crippen LogP contribution >= 0.6 is 0 Å². The smallest absolute Gasteiger partial charge is 0.0342 e. The first-order valence-corrected chi connectivity index (χ1v) is 7.12. The van der Waals surface area contributed by atoms with Crippen LogP contribution in [0.1, 0.15) is 11.1 Å². The standard InChI is InChI=1S/C17H22N2/c1-13-3-5-16-10-14(4-6-15(16)9-13)7-8-19(2)17-11-18-12-17/h3-6,9-10,17-18H,7-8,11-12H2,1-2H3. The summed E-state index contributed by atoms with van der Waals surface area (Å²) in [6.07, 6.45) is 1.14. The van der Waals surface area contributed by atoms with Crippen molar-refractivity contribution >= 4 is 10.8 Å². The van der Waals surface area contributed by atoms with Crippen LogP contribution in [0.15, 0.2) is 36.4 Å². The second-order valence-electron chi connectivity index (χ2n) is 5.73. The molecule has 1 aliphatic rings. The zero-order valence-corrected chi connectivity index (χ0v) is 11.8. The highest BCUT2D eigenvalue weighted by atomic mass is 15.2. The minimum atomic E-state index is 0.739. The number of nitrogens with zero attached hydrogens (tertiary/aromatic N) is 1. The van der Waals surface area contributed by atoms with Gasteiger partial charge >= 0.3 is 0 Å². The molecule has 1 N–H and O–H groups in total. The van der Waals surface area contributed by atoms with Crippen LogP contribution in [0, 0.1) is 6.92 Å². The Morgan fingerprint density at radius 3 is 2.58 bits per heavy atom. The summed E-state index contributed by atoms with van der Waals surface area (Å²) in [5.74, 6) is 0. The van der Waals surface area contributed by atoms with E-state index < -0.39 is 0 Å². The third-order valence-corrected chi connectivity index (χ3v) is 4.20. The van der Waals surface area contributed by atoms with Gasteiger partial charge in [0.2, 0.25) is 0 Å². The SMILES string of the molecule is Cc1ccc2cc(CCN(C)C3CNC3)ccc2c1. The summed E-state index contributed by atoms with van der Waals surface area (Å²) in [4.78, 5) is 2.47. The summed E-state index contributed by atoms with van der Waals surface area (Å²) in [5.41, 5.74) is 2.77. The van der Waals surface area contributed by atoms with Gasteiger partial charge in [-0.25, -0.2) is 0 Å². The fraction of sp³-hybridized carbons (Fsp3) is 0.412. The first kappa shape index (κ1) is 12.6. The minimum Gasteiger partial charge on any atom is -0.314 e. The molecule has 0 bridgehead atoms. The van der Waals surface area contributed by atoms with E-state index in [9.17, 15) is 0 Å². The zero-order chi connectivity index (χ0) is 13.2. The van der Waals surface area contributed by atoms with Crippen LogP contribution < -0.4 is 5.32 Å². The van der Waals surface area contributed by atoms with Crippen LogP contribution in [-0.4, -0.2) is 37.6 Å². The van der Waals surface area contributed by atoms with Gasteiger partial charge in [-0.2, -0.15) is 0 Å². The van der Waals surface area contributed by atoms with E-state index in [0.29, 0.717) is 0 Å². The normalized spacial score (nSPS) is 15.9. The number of hydrogen-bond acceptors (Lipinski definition) is 2. The molecule has 0 spiro atoms. The summed E-state index contributed by atoms with van der Waals surface area (Å²) < 4.78 is 0. The number of nitrogens with one attached hydrogen (secondary N) is 1. The maximum absolute atomic E-state index is 3.33. The van der Waals surface area contributed by atoms with E-state index in [-0.39, 0.29) is 0 Å². The summed E-state index contributed by atoms with van der Waals surface area (Å²) in [5, 5.41) is 6.03. The van der Waals surface area contributed by atoms with Crippen LogP contribution in [0.3, 0.4) is 0 Å². The van der Waals surface area contributed by atoms with Crippen molar-refractivity contribution in [2.45, 2.75) is 19.4 Å². The number of rotatable bonds is 4. The molecule has 19 heavy (non-hydrogen) atoms. The summed E-state index contributed by atoms with van der Waals surface area (Å²) >= 11 is 0. The molecule has 0 unspecified atom stereocenters. The van der Waals surface area contributed by atoms with Crippen molar-refractivity contribution in [3.63, 3.8) is 0 Å². The minimum absolute atomic E-state index is 0.739. The highest BCUT2D eigenvalue weighted by Crippen LogP contribution is 2.18. The van der Waals surface area contributed by atoms with E-state index in [2.05, 4.69) is 60.6 Å². The largest absolute Gasteiger partial charge is 0.314 e. The molecule has 2 nitrogen and oxygen atoms in total. The Hall–Kier alpha value is -1.38. The van der Waals surface area contributed by atoms with Gasteiger partial charge in [-0.15, -0.1) is 0 Å². The molecule has 1 aliphatic heterocycles. The zero-order valence-electron chi connectivity index (χ0n) is 11.8. The lowest BCUT2D eigenvalue weighted by atomic mass is 10.0. The van der Waals surface area contributed by atoms with Gasteiger partial charge in [0.1, 0.15) is 0 Å². The van der Waals surface area contributed by atoms with Gasteiger partial charge in [0, 0.05) is 25.7 Å². The van der Waals surface area contributed by atoms with Gasteiger partial charge in [0.25, 0.3) is 0 Å². The molecule has 0 saturated carbocycles. The molecule has 100 valence electrons. The molecule has 1 saturated heterocycles. The van der Waals surface area contributed by atoms with Crippen molar-refractivity contribution in [3.8, 4) is 0 Å². The molecule has 2 aromatic rings. The molecule has 0 aromatic heterocycles. The van der Waals surface area contributed by atoms with Crippen LogP contribution in [-0.2, 0) is 6.42 Å². The van der Waals surface area contributed by atoms with Crippen molar-refractivity contribution in [2.75, 3.05) is 26.7 Å². The topological polar surface area (TPSA) is 15.3 Å². The Balaban J connectivity index is 1.69. The molecule has 1 fully saturated rings. The lowest BCUT2D eigenvalue weighted by Crippen LogP contribution is -2.56. The Labute approximate surface area is 115 Å². The second kappa shape index (κ2) is 5.32. The van der Waals surface area contributed by atoms with E-state index in [4.69, 9.17) is 0 Å². The van der Waals surface area contributed by atoms with Crippen LogP contribution in [0.2, 0.25) is 0 Å². The maximum Gasteiger partial charge on any atom is 0.0342 e. The quantitative estimate of drug-likeness (QED) is 0.902. The molecular formula is C17H22N2. The van der Waals surface area contributed by atoms with E-state index in [1.165, 1.54) is 21.9 Å². The molecule has 2 heteroatoms. The van der Waals surface area contributed by atoms with Crippen molar-refractivity contribution in [1.29, 1.82) is 0 Å². The van der Waals surface area contributed by atoms with E-state index in [1.54, 1.807) is 0 Å². The Kier molecular flexibility index (Phi) is 3.54. The number of aryl methyl sites for hydroxylation is 1. The van der Waals surface area contributed by atoms with Gasteiger partial charge < -0.3 is 10.2 Å². The molecule has 2 aromatic carbocycles. The third-order valence-electron chi connectivity index (χ3n) is 4.20. The first-order chi connectivity index (χ1) is 9.22. The average Bonchev–Trinajstić information content (AvgIpc) is 2.34. The van der Waals surface area contributed by atoms with Crippen LogP contribution in [0.4, 0.5) is 0 Å². The summed E-state index contributed by atoms with van der Waals surface area (Å²) in [7, 11) is 2.23.